The summed E-state index contributed by atoms with van der Waals surface area (Å²) in [6.07, 6.45) is 0. The average molecular weight is 349 g/mol. The number of aromatic nitrogens is 2. The van der Waals surface area contributed by atoms with Crippen molar-refractivity contribution in [3.63, 3.8) is 0 Å². The Hall–Kier alpha value is -3.28. The van der Waals surface area contributed by atoms with Crippen LogP contribution in [0.4, 0.5) is 0 Å². The normalized spacial score (nSPS) is 12.2. The minimum atomic E-state index is -0.114. The number of benzene rings is 2. The molecule has 1 aromatic heterocycles. The molecule has 132 valence electrons. The van der Waals surface area contributed by atoms with Gasteiger partial charge in [-0.1, -0.05) is 30.3 Å². The third-order valence-corrected chi connectivity index (χ3v) is 4.38. The van der Waals surface area contributed by atoms with Crippen LogP contribution in [-0.2, 0) is 13.6 Å². The summed E-state index contributed by atoms with van der Waals surface area (Å²) in [6, 6.07) is 17.4. The quantitative estimate of drug-likeness (QED) is 0.726. The van der Waals surface area contributed by atoms with Crippen LogP contribution in [0.25, 0.3) is 11.3 Å². The highest BCUT2D eigenvalue weighted by molar-refractivity contribution is 5.93. The third kappa shape index (κ3) is 3.01. The van der Waals surface area contributed by atoms with Crippen molar-refractivity contribution in [1.82, 2.24) is 14.7 Å². The molecule has 0 radical (unpaired) electrons. The topological polar surface area (TPSA) is 56.6 Å². The second-order valence-corrected chi connectivity index (χ2v) is 6.25. The van der Waals surface area contributed by atoms with E-state index in [9.17, 15) is 4.79 Å². The molecule has 0 spiro atoms. The fourth-order valence-electron chi connectivity index (χ4n) is 3.02. The molecular formula is C20H19N3O3. The van der Waals surface area contributed by atoms with E-state index in [1.54, 1.807) is 22.7 Å². The van der Waals surface area contributed by atoms with Gasteiger partial charge in [0.15, 0.2) is 17.2 Å². The van der Waals surface area contributed by atoms with Crippen molar-refractivity contribution in [3.05, 3.63) is 65.9 Å². The molecule has 4 rings (SSSR count). The Bertz CT molecular complexity index is 950. The lowest BCUT2D eigenvalue weighted by atomic mass is 10.1. The van der Waals surface area contributed by atoms with E-state index in [0.29, 0.717) is 18.0 Å². The number of amides is 1. The van der Waals surface area contributed by atoms with Gasteiger partial charge in [-0.15, -0.1) is 0 Å². The predicted molar refractivity (Wildman–Crippen MR) is 97.0 cm³/mol. The van der Waals surface area contributed by atoms with Crippen LogP contribution in [0.15, 0.2) is 54.6 Å². The van der Waals surface area contributed by atoms with E-state index in [4.69, 9.17) is 9.47 Å². The standard InChI is InChI=1S/C20H19N3O3/c1-22(12-14-6-4-3-5-7-14)20(24)16-11-17(23(2)21-16)15-8-9-18-19(10-15)26-13-25-18/h3-11H,12-13H2,1-2H3. The summed E-state index contributed by atoms with van der Waals surface area (Å²) in [7, 11) is 3.61. The number of fused-ring (bicyclic) bond motifs is 1. The molecule has 0 N–H and O–H groups in total. The Morgan fingerprint density at radius 3 is 2.69 bits per heavy atom. The number of carbonyl (C=O) groups is 1. The van der Waals surface area contributed by atoms with Crippen LogP contribution in [0.1, 0.15) is 16.1 Å². The first kappa shape index (κ1) is 16.2. The molecule has 0 atom stereocenters. The van der Waals surface area contributed by atoms with Gasteiger partial charge < -0.3 is 14.4 Å². The van der Waals surface area contributed by atoms with Crippen LogP contribution in [0, 0.1) is 0 Å². The maximum atomic E-state index is 12.7. The lowest BCUT2D eigenvalue weighted by Crippen LogP contribution is -2.26. The molecule has 0 saturated carbocycles. The van der Waals surface area contributed by atoms with Gasteiger partial charge in [0.25, 0.3) is 5.91 Å². The van der Waals surface area contributed by atoms with Gasteiger partial charge in [-0.2, -0.15) is 5.10 Å². The van der Waals surface area contributed by atoms with E-state index in [1.165, 1.54) is 0 Å². The molecule has 2 aromatic carbocycles. The maximum absolute atomic E-state index is 12.7. The molecule has 1 aliphatic heterocycles. The third-order valence-electron chi connectivity index (χ3n) is 4.38. The van der Waals surface area contributed by atoms with Gasteiger partial charge in [0, 0.05) is 26.2 Å². The lowest BCUT2D eigenvalue weighted by Gasteiger charge is -2.15. The minimum Gasteiger partial charge on any atom is -0.454 e. The van der Waals surface area contributed by atoms with E-state index in [2.05, 4.69) is 5.10 Å². The minimum absolute atomic E-state index is 0.114. The summed E-state index contributed by atoms with van der Waals surface area (Å²) in [6.45, 7) is 0.772. The number of aryl methyl sites for hydroxylation is 1. The average Bonchev–Trinajstić information content (AvgIpc) is 3.27. The SMILES string of the molecule is CN(Cc1ccccc1)C(=O)c1cc(-c2ccc3c(c2)OCO3)n(C)n1. The largest absolute Gasteiger partial charge is 0.454 e. The molecule has 0 fully saturated rings. The predicted octanol–water partition coefficient (Wildman–Crippen LogP) is 3.09. The molecule has 0 bridgehead atoms. The van der Waals surface area contributed by atoms with Gasteiger partial charge in [-0.3, -0.25) is 9.48 Å². The van der Waals surface area contributed by atoms with Gasteiger partial charge in [0.05, 0.1) is 5.69 Å². The molecule has 3 aromatic rings. The molecule has 2 heterocycles. The first-order valence-corrected chi connectivity index (χ1v) is 8.35. The number of rotatable bonds is 4. The van der Waals surface area contributed by atoms with Crippen molar-refractivity contribution in [2.45, 2.75) is 6.54 Å². The zero-order valence-corrected chi connectivity index (χ0v) is 14.7. The van der Waals surface area contributed by atoms with Gasteiger partial charge in [0.2, 0.25) is 6.79 Å². The van der Waals surface area contributed by atoms with E-state index >= 15 is 0 Å². The van der Waals surface area contributed by atoms with Gasteiger partial charge in [-0.05, 0) is 29.8 Å². The fourth-order valence-corrected chi connectivity index (χ4v) is 3.02. The van der Waals surface area contributed by atoms with Crippen LogP contribution in [0.2, 0.25) is 0 Å². The first-order valence-electron chi connectivity index (χ1n) is 8.35. The Balaban J connectivity index is 1.57. The van der Waals surface area contributed by atoms with Gasteiger partial charge >= 0.3 is 0 Å². The molecule has 6 heteroatoms. The molecule has 1 aliphatic rings. The number of ether oxygens (including phenoxy) is 2. The summed E-state index contributed by atoms with van der Waals surface area (Å²) >= 11 is 0. The molecule has 6 nitrogen and oxygen atoms in total. The molecule has 0 saturated heterocycles. The highest BCUT2D eigenvalue weighted by Crippen LogP contribution is 2.35. The van der Waals surface area contributed by atoms with Crippen LogP contribution < -0.4 is 9.47 Å². The van der Waals surface area contributed by atoms with E-state index in [0.717, 1.165) is 22.6 Å². The van der Waals surface area contributed by atoms with E-state index < -0.39 is 0 Å². The summed E-state index contributed by atoms with van der Waals surface area (Å²) in [4.78, 5) is 14.4. The molecule has 0 aliphatic carbocycles. The number of hydrogen-bond acceptors (Lipinski definition) is 4. The second kappa shape index (κ2) is 6.55. The van der Waals surface area contributed by atoms with E-state index in [-0.39, 0.29) is 12.7 Å². The molecule has 1 amide bonds. The van der Waals surface area contributed by atoms with Gasteiger partial charge in [-0.25, -0.2) is 0 Å². The van der Waals surface area contributed by atoms with Crippen molar-refractivity contribution in [1.29, 1.82) is 0 Å². The molecule has 0 unspecified atom stereocenters. The van der Waals surface area contributed by atoms with Crippen molar-refractivity contribution >= 4 is 5.91 Å². The second-order valence-electron chi connectivity index (χ2n) is 6.25. The van der Waals surface area contributed by atoms with Crippen LogP contribution >= 0.6 is 0 Å². The molecular weight excluding hydrogens is 330 g/mol. The summed E-state index contributed by atoms with van der Waals surface area (Å²) < 4.78 is 12.5. The highest BCUT2D eigenvalue weighted by atomic mass is 16.7. The van der Waals surface area contributed by atoms with Crippen molar-refractivity contribution in [3.8, 4) is 22.8 Å². The van der Waals surface area contributed by atoms with Crippen molar-refractivity contribution in [2.75, 3.05) is 13.8 Å². The summed E-state index contributed by atoms with van der Waals surface area (Å²) in [5.41, 5.74) is 3.27. The lowest BCUT2D eigenvalue weighted by molar-refractivity contribution is 0.0778. The maximum Gasteiger partial charge on any atom is 0.274 e. The summed E-state index contributed by atoms with van der Waals surface area (Å²) in [5.74, 6) is 1.32. The smallest absolute Gasteiger partial charge is 0.274 e. The zero-order chi connectivity index (χ0) is 18.1. The number of carbonyl (C=O) groups excluding carboxylic acids is 1. The Labute approximate surface area is 151 Å². The Morgan fingerprint density at radius 2 is 1.88 bits per heavy atom. The first-order chi connectivity index (χ1) is 12.6. The van der Waals surface area contributed by atoms with E-state index in [1.807, 2.05) is 55.6 Å². The van der Waals surface area contributed by atoms with Gasteiger partial charge in [0.1, 0.15) is 0 Å². The summed E-state index contributed by atoms with van der Waals surface area (Å²) in [5, 5.41) is 4.40. The van der Waals surface area contributed by atoms with Crippen molar-refractivity contribution in [2.24, 2.45) is 7.05 Å². The monoisotopic (exact) mass is 349 g/mol. The van der Waals surface area contributed by atoms with Crippen molar-refractivity contribution < 1.29 is 14.3 Å². The zero-order valence-electron chi connectivity index (χ0n) is 14.7. The molecule has 26 heavy (non-hydrogen) atoms. The van der Waals surface area contributed by atoms with Crippen LogP contribution in [-0.4, -0.2) is 34.4 Å². The number of nitrogens with zero attached hydrogens (tertiary/aromatic N) is 3. The Morgan fingerprint density at radius 1 is 1.12 bits per heavy atom. The highest BCUT2D eigenvalue weighted by Gasteiger charge is 2.20. The fraction of sp³-hybridized carbons (Fsp3) is 0.200. The van der Waals surface area contributed by atoms with Crippen LogP contribution in [0.3, 0.4) is 0 Å². The number of hydrogen-bond donors (Lipinski definition) is 0. The Kier molecular flexibility index (Phi) is 4.08. The van der Waals surface area contributed by atoms with Crippen LogP contribution in [0.5, 0.6) is 11.5 Å².